The number of benzene rings is 1. The van der Waals surface area contributed by atoms with E-state index in [4.69, 9.17) is 4.74 Å². The van der Waals surface area contributed by atoms with Gasteiger partial charge in [-0.15, -0.1) is 11.3 Å². The quantitative estimate of drug-likeness (QED) is 0.870. The Morgan fingerprint density at radius 3 is 2.79 bits per heavy atom. The zero-order valence-corrected chi connectivity index (χ0v) is 11.9. The first kappa shape index (κ1) is 13.5. The van der Waals surface area contributed by atoms with Crippen LogP contribution in [0.5, 0.6) is 11.5 Å². The van der Waals surface area contributed by atoms with Gasteiger partial charge in [0.25, 0.3) is 0 Å². The predicted molar refractivity (Wildman–Crippen MR) is 75.1 cm³/mol. The number of hydrogen-bond acceptors (Lipinski definition) is 5. The van der Waals surface area contributed by atoms with Gasteiger partial charge in [-0.1, -0.05) is 0 Å². The van der Waals surface area contributed by atoms with Crippen LogP contribution in [0.4, 0.5) is 0 Å². The summed E-state index contributed by atoms with van der Waals surface area (Å²) < 4.78 is 5.34. The molecule has 0 bridgehead atoms. The Morgan fingerprint density at radius 2 is 2.21 bits per heavy atom. The number of ether oxygens (including phenoxy) is 1. The second kappa shape index (κ2) is 5.40. The van der Waals surface area contributed by atoms with Gasteiger partial charge >= 0.3 is 0 Å². The molecular weight excluding hydrogens is 262 g/mol. The van der Waals surface area contributed by atoms with E-state index in [2.05, 4.69) is 4.98 Å². The number of phenolic OH excluding ortho intramolecular Hbond substituents is 1. The Morgan fingerprint density at radius 1 is 1.47 bits per heavy atom. The summed E-state index contributed by atoms with van der Waals surface area (Å²) in [5.74, 6) is 0.549. The lowest BCUT2D eigenvalue weighted by atomic mass is 10.2. The van der Waals surface area contributed by atoms with Gasteiger partial charge in [0.1, 0.15) is 5.01 Å². The van der Waals surface area contributed by atoms with Crippen LogP contribution in [0.1, 0.15) is 29.2 Å². The maximum absolute atomic E-state index is 11.4. The summed E-state index contributed by atoms with van der Waals surface area (Å²) in [7, 11) is 0. The molecule has 0 saturated heterocycles. The highest BCUT2D eigenvalue weighted by Gasteiger charge is 2.14. The molecule has 5 heteroatoms. The highest BCUT2D eigenvalue weighted by Crippen LogP contribution is 2.34. The lowest BCUT2D eigenvalue weighted by molar-refractivity contribution is 0.102. The first-order chi connectivity index (χ1) is 9.02. The van der Waals surface area contributed by atoms with Crippen molar-refractivity contribution >= 4 is 17.1 Å². The number of aryl methyl sites for hydroxylation is 1. The molecule has 19 heavy (non-hydrogen) atoms. The van der Waals surface area contributed by atoms with Gasteiger partial charge in [-0.3, -0.25) is 4.79 Å². The monoisotopic (exact) mass is 277 g/mol. The molecule has 0 fully saturated rings. The molecule has 1 aromatic carbocycles. The van der Waals surface area contributed by atoms with Gasteiger partial charge in [-0.25, -0.2) is 4.98 Å². The van der Waals surface area contributed by atoms with Crippen molar-refractivity contribution in [2.24, 2.45) is 0 Å². The highest BCUT2D eigenvalue weighted by molar-refractivity contribution is 7.17. The lowest BCUT2D eigenvalue weighted by Gasteiger charge is -2.06. The van der Waals surface area contributed by atoms with Gasteiger partial charge in [0.05, 0.1) is 17.2 Å². The van der Waals surface area contributed by atoms with Crippen molar-refractivity contribution in [2.75, 3.05) is 6.61 Å². The fourth-order valence-corrected chi connectivity index (χ4v) is 2.72. The van der Waals surface area contributed by atoms with Crippen molar-refractivity contribution in [3.63, 3.8) is 0 Å². The Bertz CT molecular complexity index is 619. The second-order valence-corrected chi connectivity index (χ2v) is 5.10. The molecule has 2 rings (SSSR count). The second-order valence-electron chi connectivity index (χ2n) is 4.11. The van der Waals surface area contributed by atoms with Crippen molar-refractivity contribution in [1.82, 2.24) is 4.98 Å². The van der Waals surface area contributed by atoms with E-state index in [0.29, 0.717) is 17.2 Å². The number of hydrogen-bond donors (Lipinski definition) is 1. The number of carbonyl (C=O) groups is 1. The van der Waals surface area contributed by atoms with Crippen LogP contribution in [-0.4, -0.2) is 22.5 Å². The summed E-state index contributed by atoms with van der Waals surface area (Å²) in [6, 6.07) is 5.07. The average Bonchev–Trinajstić information content (AvgIpc) is 2.74. The standard InChI is InChI=1S/C14H15NO3S/c1-4-18-12-7-10(5-6-11(12)17)14-15-8(2)13(19-14)9(3)16/h5-7,17H,4H2,1-3H3. The van der Waals surface area contributed by atoms with Gasteiger partial charge < -0.3 is 9.84 Å². The minimum absolute atomic E-state index is 0.0186. The Kier molecular flexibility index (Phi) is 3.85. The average molecular weight is 277 g/mol. The fraction of sp³-hybridized carbons (Fsp3) is 0.286. The van der Waals surface area contributed by atoms with Gasteiger partial charge in [-0.2, -0.15) is 0 Å². The minimum atomic E-state index is 0.0186. The van der Waals surface area contributed by atoms with Gasteiger partial charge in [0, 0.05) is 12.5 Å². The third kappa shape index (κ3) is 2.76. The number of carbonyl (C=O) groups excluding carboxylic acids is 1. The maximum atomic E-state index is 11.4. The van der Waals surface area contributed by atoms with Crippen LogP contribution in [0.2, 0.25) is 0 Å². The number of aromatic nitrogens is 1. The molecular formula is C14H15NO3S. The number of aromatic hydroxyl groups is 1. The molecule has 2 aromatic rings. The molecule has 0 atom stereocenters. The van der Waals surface area contributed by atoms with E-state index >= 15 is 0 Å². The molecule has 0 radical (unpaired) electrons. The molecule has 1 aromatic heterocycles. The van der Waals surface area contributed by atoms with Crippen LogP contribution in [0.25, 0.3) is 10.6 Å². The third-order valence-corrected chi connectivity index (χ3v) is 3.93. The SMILES string of the molecule is CCOc1cc(-c2nc(C)c(C(C)=O)s2)ccc1O. The number of ketones is 1. The number of phenols is 1. The van der Waals surface area contributed by atoms with E-state index in [0.717, 1.165) is 16.3 Å². The molecule has 0 saturated carbocycles. The van der Waals surface area contributed by atoms with E-state index < -0.39 is 0 Å². The van der Waals surface area contributed by atoms with Crippen LogP contribution in [0.3, 0.4) is 0 Å². The van der Waals surface area contributed by atoms with Crippen molar-refractivity contribution in [3.05, 3.63) is 28.8 Å². The predicted octanol–water partition coefficient (Wildman–Crippen LogP) is 3.43. The summed E-state index contributed by atoms with van der Waals surface area (Å²) in [5.41, 5.74) is 1.57. The number of rotatable bonds is 4. The Labute approximate surface area is 115 Å². The van der Waals surface area contributed by atoms with Gasteiger partial charge in [0.2, 0.25) is 0 Å². The van der Waals surface area contributed by atoms with E-state index in [1.54, 1.807) is 18.2 Å². The van der Waals surface area contributed by atoms with Crippen molar-refractivity contribution in [2.45, 2.75) is 20.8 Å². The molecule has 4 nitrogen and oxygen atoms in total. The highest BCUT2D eigenvalue weighted by atomic mass is 32.1. The zero-order valence-electron chi connectivity index (χ0n) is 11.1. The molecule has 0 spiro atoms. The molecule has 0 aliphatic rings. The van der Waals surface area contributed by atoms with E-state index in [1.165, 1.54) is 18.3 Å². The Hall–Kier alpha value is -1.88. The summed E-state index contributed by atoms with van der Waals surface area (Å²) in [6.07, 6.45) is 0. The number of thiazole rings is 1. The van der Waals surface area contributed by atoms with E-state index in [9.17, 15) is 9.90 Å². The van der Waals surface area contributed by atoms with Crippen LogP contribution >= 0.6 is 11.3 Å². The van der Waals surface area contributed by atoms with Crippen LogP contribution in [-0.2, 0) is 0 Å². The van der Waals surface area contributed by atoms with Crippen molar-refractivity contribution in [1.29, 1.82) is 0 Å². The molecule has 1 heterocycles. The smallest absolute Gasteiger partial charge is 0.171 e. The largest absolute Gasteiger partial charge is 0.504 e. The number of nitrogens with zero attached hydrogens (tertiary/aromatic N) is 1. The van der Waals surface area contributed by atoms with Crippen LogP contribution in [0, 0.1) is 6.92 Å². The van der Waals surface area contributed by atoms with Gasteiger partial charge in [-0.05, 0) is 32.0 Å². The molecule has 100 valence electrons. The first-order valence-corrected chi connectivity index (χ1v) is 6.79. The maximum Gasteiger partial charge on any atom is 0.171 e. The normalized spacial score (nSPS) is 10.5. The van der Waals surface area contributed by atoms with Gasteiger partial charge in [0.15, 0.2) is 17.3 Å². The number of Topliss-reactive ketones (excluding diaryl/α,β-unsaturated/α-hetero) is 1. The molecule has 0 aliphatic carbocycles. The lowest BCUT2D eigenvalue weighted by Crippen LogP contribution is -1.92. The van der Waals surface area contributed by atoms with E-state index in [-0.39, 0.29) is 11.5 Å². The topological polar surface area (TPSA) is 59.4 Å². The molecule has 0 aliphatic heterocycles. The van der Waals surface area contributed by atoms with Crippen LogP contribution < -0.4 is 4.74 Å². The molecule has 0 unspecified atom stereocenters. The van der Waals surface area contributed by atoms with Crippen molar-refractivity contribution in [3.8, 4) is 22.1 Å². The zero-order chi connectivity index (χ0) is 14.0. The van der Waals surface area contributed by atoms with Crippen LogP contribution in [0.15, 0.2) is 18.2 Å². The summed E-state index contributed by atoms with van der Waals surface area (Å²) in [6.45, 7) is 5.69. The first-order valence-electron chi connectivity index (χ1n) is 5.97. The molecule has 1 N–H and O–H groups in total. The minimum Gasteiger partial charge on any atom is -0.504 e. The summed E-state index contributed by atoms with van der Waals surface area (Å²) >= 11 is 1.36. The summed E-state index contributed by atoms with van der Waals surface area (Å²) in [5, 5.41) is 10.4. The molecule has 0 amide bonds. The van der Waals surface area contributed by atoms with E-state index in [1.807, 2.05) is 13.8 Å². The Balaban J connectivity index is 2.44. The van der Waals surface area contributed by atoms with Crippen molar-refractivity contribution < 1.29 is 14.6 Å². The fourth-order valence-electron chi connectivity index (χ4n) is 1.76. The summed E-state index contributed by atoms with van der Waals surface area (Å²) in [4.78, 5) is 16.5. The third-order valence-electron chi connectivity index (χ3n) is 2.62.